The minimum Gasteiger partial charge on any atom is -0.487 e. The highest BCUT2D eigenvalue weighted by atomic mass is 19.4. The van der Waals surface area contributed by atoms with Crippen molar-refractivity contribution in [2.45, 2.75) is 70.7 Å². The summed E-state index contributed by atoms with van der Waals surface area (Å²) in [6.45, 7) is 3.24. The number of fused-ring (bicyclic) bond motifs is 2. The Balaban J connectivity index is 0.000000561. The highest BCUT2D eigenvalue weighted by Gasteiger charge is 2.42. The van der Waals surface area contributed by atoms with E-state index >= 15 is 0 Å². The molecule has 1 aliphatic carbocycles. The fraction of sp³-hybridized carbons (Fsp3) is 0.368. The minimum atomic E-state index is -5.08. The minimum absolute atomic E-state index is 0.357. The zero-order chi connectivity index (χ0) is 35.3. The van der Waals surface area contributed by atoms with Gasteiger partial charge < -0.3 is 24.4 Å². The average Bonchev–Trinajstić information content (AvgIpc) is 3.73. The molecule has 2 fully saturated rings. The molecule has 0 amide bonds. The van der Waals surface area contributed by atoms with Crippen LogP contribution in [-0.2, 0) is 29.2 Å². The lowest BCUT2D eigenvalue weighted by Gasteiger charge is -2.29. The van der Waals surface area contributed by atoms with Crippen LogP contribution in [0.1, 0.15) is 62.0 Å². The van der Waals surface area contributed by atoms with E-state index in [-0.39, 0.29) is 0 Å². The predicted molar refractivity (Wildman–Crippen MR) is 183 cm³/mol. The van der Waals surface area contributed by atoms with Crippen LogP contribution in [0.25, 0.3) is 21.9 Å². The summed E-state index contributed by atoms with van der Waals surface area (Å²) < 4.78 is 40.1. The van der Waals surface area contributed by atoms with E-state index in [0.717, 1.165) is 65.1 Å². The Morgan fingerprint density at radius 2 is 1.52 bits per heavy atom. The molecule has 50 heavy (non-hydrogen) atoms. The first-order valence-corrected chi connectivity index (χ1v) is 16.8. The van der Waals surface area contributed by atoms with E-state index in [1.165, 1.54) is 30.5 Å². The first-order chi connectivity index (χ1) is 24.0. The number of carboxylic acid groups (broad SMARTS) is 2. The number of hydrogen-bond acceptors (Lipinski definition) is 6. The third-order valence-corrected chi connectivity index (χ3v) is 9.59. The van der Waals surface area contributed by atoms with Crippen LogP contribution in [0.5, 0.6) is 5.75 Å². The number of rotatable bonds is 9. The summed E-state index contributed by atoms with van der Waals surface area (Å²) in [5.41, 5.74) is 5.33. The Bertz CT molecular complexity index is 1960. The van der Waals surface area contributed by atoms with Crippen LogP contribution in [0.4, 0.5) is 18.9 Å². The van der Waals surface area contributed by atoms with Gasteiger partial charge in [-0.1, -0.05) is 49.2 Å². The van der Waals surface area contributed by atoms with Gasteiger partial charge in [-0.25, -0.2) is 14.8 Å². The Kier molecular flexibility index (Phi) is 10.3. The molecule has 2 aliphatic rings. The van der Waals surface area contributed by atoms with Gasteiger partial charge in [0.2, 0.25) is 0 Å². The first kappa shape index (κ1) is 34.7. The second kappa shape index (κ2) is 14.8. The van der Waals surface area contributed by atoms with Crippen LogP contribution in [0.2, 0.25) is 0 Å². The van der Waals surface area contributed by atoms with Crippen molar-refractivity contribution in [3.05, 3.63) is 95.9 Å². The molecule has 3 heterocycles. The van der Waals surface area contributed by atoms with Gasteiger partial charge in [-0.2, -0.15) is 13.2 Å². The molecule has 0 radical (unpaired) electrons. The number of pyridine rings is 1. The molecule has 0 unspecified atom stereocenters. The normalized spacial score (nSPS) is 15.9. The molecule has 2 aromatic heterocycles. The number of hydrogen-bond donors (Lipinski definition) is 2. The molecule has 1 saturated heterocycles. The molecule has 2 N–H and O–H groups in total. The van der Waals surface area contributed by atoms with E-state index in [4.69, 9.17) is 24.6 Å². The van der Waals surface area contributed by atoms with Crippen molar-refractivity contribution in [3.8, 4) is 5.75 Å². The topological polar surface area (TPSA) is 118 Å². The van der Waals surface area contributed by atoms with Gasteiger partial charge in [-0.05, 0) is 74.1 Å². The molecule has 0 bridgehead atoms. The molecule has 0 atom stereocenters. The number of imidazole rings is 1. The monoisotopic (exact) mass is 688 g/mol. The lowest BCUT2D eigenvalue weighted by atomic mass is 9.82. The SMILES string of the molecule is O=C(O)C(F)(F)F.O=C(O)C1(Cc2nc3cc(OCc4ccc5ccccc5n4)ccc3n2Cc2ccc(N3CCCCC3)cc2)CCCC1. The van der Waals surface area contributed by atoms with Crippen molar-refractivity contribution in [1.29, 1.82) is 0 Å². The summed E-state index contributed by atoms with van der Waals surface area (Å²) in [6.07, 6.45) is 2.46. The largest absolute Gasteiger partial charge is 0.490 e. The number of nitrogens with zero attached hydrogens (tertiary/aromatic N) is 4. The number of carboxylic acids is 2. The number of alkyl halides is 3. The van der Waals surface area contributed by atoms with E-state index in [9.17, 15) is 23.1 Å². The number of anilines is 1. The Morgan fingerprint density at radius 1 is 0.820 bits per heavy atom. The molecule has 9 nitrogen and oxygen atoms in total. The van der Waals surface area contributed by atoms with E-state index in [1.54, 1.807) is 0 Å². The van der Waals surface area contributed by atoms with E-state index in [1.807, 2.05) is 36.4 Å². The van der Waals surface area contributed by atoms with Crippen molar-refractivity contribution >= 4 is 39.6 Å². The van der Waals surface area contributed by atoms with E-state index < -0.39 is 23.5 Å². The van der Waals surface area contributed by atoms with Crippen molar-refractivity contribution in [2.24, 2.45) is 5.41 Å². The third kappa shape index (κ3) is 8.01. The van der Waals surface area contributed by atoms with Crippen molar-refractivity contribution in [2.75, 3.05) is 18.0 Å². The molecular weight excluding hydrogens is 649 g/mol. The second-order valence-corrected chi connectivity index (χ2v) is 13.0. The molecule has 3 aromatic carbocycles. The molecule has 0 spiro atoms. The number of para-hydroxylation sites is 1. The first-order valence-electron chi connectivity index (χ1n) is 16.8. The molecule has 5 aromatic rings. The van der Waals surface area contributed by atoms with Gasteiger partial charge in [0.25, 0.3) is 0 Å². The summed E-state index contributed by atoms with van der Waals surface area (Å²) in [5.74, 6) is -1.92. The standard InChI is InChI=1S/C36H38N4O3.C2HF3O2/c41-35(42)36(18-4-5-19-36)23-34-38-32-22-30(43-25-28-13-12-27-8-2-3-9-31(27)37-28)16-17-33(32)40(34)24-26-10-14-29(15-11-26)39-20-6-1-7-21-39;3-2(4,5)1(6)7/h2-3,8-17,22H,1,4-7,18-21,23-25H2,(H,41,42);(H,6,7). The van der Waals surface area contributed by atoms with Crippen LogP contribution in [0, 0.1) is 5.41 Å². The summed E-state index contributed by atoms with van der Waals surface area (Å²) in [6, 6.07) is 27.0. The average molecular weight is 689 g/mol. The fourth-order valence-corrected chi connectivity index (χ4v) is 6.87. The van der Waals surface area contributed by atoms with Crippen LogP contribution >= 0.6 is 0 Å². The third-order valence-electron chi connectivity index (χ3n) is 9.59. The summed E-state index contributed by atoms with van der Waals surface area (Å²) >= 11 is 0. The Hall–Kier alpha value is -5.13. The number of piperidine rings is 1. The summed E-state index contributed by atoms with van der Waals surface area (Å²) in [5, 5.41) is 18.5. The zero-order valence-corrected chi connectivity index (χ0v) is 27.5. The Morgan fingerprint density at radius 3 is 2.20 bits per heavy atom. The van der Waals surface area contributed by atoms with E-state index in [0.29, 0.717) is 32.4 Å². The van der Waals surface area contributed by atoms with Gasteiger partial charge in [-0.3, -0.25) is 4.79 Å². The maximum atomic E-state index is 12.5. The quantitative estimate of drug-likeness (QED) is 0.160. The lowest BCUT2D eigenvalue weighted by Crippen LogP contribution is -2.31. The predicted octanol–water partition coefficient (Wildman–Crippen LogP) is 8.02. The van der Waals surface area contributed by atoms with Crippen LogP contribution < -0.4 is 9.64 Å². The van der Waals surface area contributed by atoms with Crippen molar-refractivity contribution in [3.63, 3.8) is 0 Å². The van der Waals surface area contributed by atoms with Crippen LogP contribution in [0.15, 0.2) is 78.9 Å². The fourth-order valence-electron chi connectivity index (χ4n) is 6.87. The maximum absolute atomic E-state index is 12.5. The van der Waals surface area contributed by atoms with Gasteiger partial charge in [0.1, 0.15) is 18.2 Å². The van der Waals surface area contributed by atoms with Gasteiger partial charge in [0.15, 0.2) is 0 Å². The highest BCUT2D eigenvalue weighted by Crippen LogP contribution is 2.42. The molecule has 262 valence electrons. The number of halogens is 3. The number of aliphatic carboxylic acids is 2. The van der Waals surface area contributed by atoms with Gasteiger partial charge >= 0.3 is 18.1 Å². The molecule has 7 rings (SSSR count). The van der Waals surface area contributed by atoms with Gasteiger partial charge in [0, 0.05) is 43.2 Å². The summed E-state index contributed by atoms with van der Waals surface area (Å²) in [7, 11) is 0. The number of carbonyl (C=O) groups is 2. The Labute approximate surface area is 287 Å². The smallest absolute Gasteiger partial charge is 0.487 e. The molecular formula is C38H39F3N4O5. The second-order valence-electron chi connectivity index (χ2n) is 13.0. The lowest BCUT2D eigenvalue weighted by molar-refractivity contribution is -0.192. The van der Waals surface area contributed by atoms with Gasteiger partial charge in [-0.15, -0.1) is 0 Å². The maximum Gasteiger partial charge on any atom is 0.490 e. The molecule has 12 heteroatoms. The molecule has 1 saturated carbocycles. The number of benzene rings is 3. The molecule has 1 aliphatic heterocycles. The number of aromatic nitrogens is 3. The van der Waals surface area contributed by atoms with Gasteiger partial charge in [0.05, 0.1) is 27.7 Å². The van der Waals surface area contributed by atoms with E-state index in [2.05, 4.69) is 51.9 Å². The van der Waals surface area contributed by atoms with Crippen molar-refractivity contribution < 1.29 is 37.7 Å². The number of ether oxygens (including phenoxy) is 1. The van der Waals surface area contributed by atoms with Crippen LogP contribution in [-0.4, -0.2) is 56.0 Å². The highest BCUT2D eigenvalue weighted by molar-refractivity contribution is 5.80. The zero-order valence-electron chi connectivity index (χ0n) is 27.5. The van der Waals surface area contributed by atoms with Crippen LogP contribution in [0.3, 0.4) is 0 Å². The van der Waals surface area contributed by atoms with Crippen molar-refractivity contribution in [1.82, 2.24) is 14.5 Å². The summed E-state index contributed by atoms with van der Waals surface area (Å²) in [4.78, 5) is 33.6.